The Kier molecular flexibility index (Phi) is 3.26. The fourth-order valence-corrected chi connectivity index (χ4v) is 2.39. The molecule has 0 bridgehead atoms. The highest BCUT2D eigenvalue weighted by Gasteiger charge is 2.21. The van der Waals surface area contributed by atoms with Crippen molar-refractivity contribution in [3.8, 4) is 0 Å². The van der Waals surface area contributed by atoms with Gasteiger partial charge in [-0.2, -0.15) is 0 Å². The summed E-state index contributed by atoms with van der Waals surface area (Å²) in [5.74, 6) is -1.26. The number of carbonyl (C=O) groups excluding carboxylic acids is 2. The van der Waals surface area contributed by atoms with Crippen LogP contribution in [0.25, 0.3) is 6.08 Å². The number of rotatable bonds is 2. The lowest BCUT2D eigenvalue weighted by atomic mass is 10.1. The van der Waals surface area contributed by atoms with E-state index in [1.165, 1.54) is 6.07 Å². The first-order valence-corrected chi connectivity index (χ1v) is 5.85. The first-order chi connectivity index (χ1) is 8.08. The smallest absolute Gasteiger partial charge is 0.289 e. The van der Waals surface area contributed by atoms with Crippen molar-refractivity contribution < 1.29 is 14.7 Å². The minimum atomic E-state index is -1.26. The van der Waals surface area contributed by atoms with E-state index in [2.05, 4.69) is 5.32 Å². The van der Waals surface area contributed by atoms with Crippen LogP contribution in [0.2, 0.25) is 0 Å². The second-order valence-corrected chi connectivity index (χ2v) is 4.65. The summed E-state index contributed by atoms with van der Waals surface area (Å²) >= 11 is 5.89. The number of carboxylic acids is 1. The Labute approximate surface area is 107 Å². The zero-order chi connectivity index (χ0) is 12.4. The lowest BCUT2D eigenvalue weighted by molar-refractivity contribution is -0.255. The molecule has 17 heavy (non-hydrogen) atoms. The van der Waals surface area contributed by atoms with Crippen LogP contribution in [-0.4, -0.2) is 16.2 Å². The summed E-state index contributed by atoms with van der Waals surface area (Å²) in [6, 6.07) is 6.39. The molecule has 1 N–H and O–H groups in total. The summed E-state index contributed by atoms with van der Waals surface area (Å²) in [6.45, 7) is 0. The van der Waals surface area contributed by atoms with Gasteiger partial charge in [0.2, 0.25) is 0 Å². The molecule has 1 amide bonds. The molecular weight excluding hydrogens is 258 g/mol. The third-order valence-electron chi connectivity index (χ3n) is 2.11. The van der Waals surface area contributed by atoms with Crippen LogP contribution < -0.4 is 10.4 Å². The summed E-state index contributed by atoms with van der Waals surface area (Å²) in [5, 5.41) is 13.1. The molecule has 0 spiro atoms. The SMILES string of the molecule is O=C1NC(=S)/C(=C/c2ccccc2C(=O)[O-])S1. The van der Waals surface area contributed by atoms with Crippen LogP contribution in [-0.2, 0) is 0 Å². The van der Waals surface area contributed by atoms with Gasteiger partial charge in [-0.15, -0.1) is 0 Å². The predicted molar refractivity (Wildman–Crippen MR) is 67.5 cm³/mol. The molecule has 0 aliphatic carbocycles. The van der Waals surface area contributed by atoms with E-state index < -0.39 is 5.97 Å². The molecule has 1 aromatic carbocycles. The number of aromatic carboxylic acids is 1. The Bertz CT molecular complexity index is 551. The summed E-state index contributed by atoms with van der Waals surface area (Å²) < 4.78 is 0. The number of carbonyl (C=O) groups is 2. The first-order valence-electron chi connectivity index (χ1n) is 4.63. The molecule has 0 saturated carbocycles. The van der Waals surface area contributed by atoms with Crippen LogP contribution >= 0.6 is 24.0 Å². The zero-order valence-corrected chi connectivity index (χ0v) is 10.1. The molecule has 0 radical (unpaired) electrons. The third-order valence-corrected chi connectivity index (χ3v) is 3.39. The number of hydrogen-bond acceptors (Lipinski definition) is 5. The summed E-state index contributed by atoms with van der Waals surface area (Å²) in [6.07, 6.45) is 1.57. The summed E-state index contributed by atoms with van der Waals surface area (Å²) in [5.41, 5.74) is 0.539. The van der Waals surface area contributed by atoms with Gasteiger partial charge in [0.1, 0.15) is 4.99 Å². The predicted octanol–water partition coefficient (Wildman–Crippen LogP) is 1.17. The highest BCUT2D eigenvalue weighted by molar-refractivity contribution is 8.19. The number of carboxylic acid groups (broad SMARTS) is 1. The van der Waals surface area contributed by atoms with Crippen LogP contribution in [0, 0.1) is 0 Å². The minimum absolute atomic E-state index is 0.0720. The van der Waals surface area contributed by atoms with E-state index in [4.69, 9.17) is 12.2 Å². The highest BCUT2D eigenvalue weighted by atomic mass is 32.2. The molecule has 1 fully saturated rings. The van der Waals surface area contributed by atoms with Gasteiger partial charge in [-0.1, -0.05) is 36.5 Å². The van der Waals surface area contributed by atoms with Crippen molar-refractivity contribution in [1.29, 1.82) is 0 Å². The Balaban J connectivity index is 2.42. The van der Waals surface area contributed by atoms with E-state index in [-0.39, 0.29) is 10.8 Å². The van der Waals surface area contributed by atoms with Crippen LogP contribution in [0.15, 0.2) is 29.2 Å². The molecule has 4 nitrogen and oxygen atoms in total. The number of benzene rings is 1. The van der Waals surface area contributed by atoms with E-state index in [0.717, 1.165) is 11.8 Å². The van der Waals surface area contributed by atoms with Gasteiger partial charge in [0, 0.05) is 5.56 Å². The number of thiocarbonyl (C=S) groups is 1. The normalized spacial score (nSPS) is 17.3. The number of thioether (sulfide) groups is 1. The molecule has 0 atom stereocenters. The van der Waals surface area contributed by atoms with Gasteiger partial charge in [0.05, 0.1) is 10.9 Å². The van der Waals surface area contributed by atoms with Gasteiger partial charge in [-0.05, 0) is 23.4 Å². The van der Waals surface area contributed by atoms with Gasteiger partial charge in [-0.3, -0.25) is 4.79 Å². The lowest BCUT2D eigenvalue weighted by Gasteiger charge is -2.06. The first kappa shape index (κ1) is 11.8. The zero-order valence-electron chi connectivity index (χ0n) is 8.43. The number of nitrogens with one attached hydrogen (secondary N) is 1. The fourth-order valence-electron chi connectivity index (χ4n) is 1.37. The van der Waals surface area contributed by atoms with E-state index in [9.17, 15) is 14.7 Å². The molecule has 1 aliphatic rings. The third kappa shape index (κ3) is 2.54. The van der Waals surface area contributed by atoms with E-state index in [0.29, 0.717) is 15.5 Å². The van der Waals surface area contributed by atoms with Gasteiger partial charge in [0.25, 0.3) is 5.24 Å². The summed E-state index contributed by atoms with van der Waals surface area (Å²) in [4.78, 5) is 22.8. The molecular formula is C11H6NO3S2-. The van der Waals surface area contributed by atoms with Crippen molar-refractivity contribution in [3.63, 3.8) is 0 Å². The van der Waals surface area contributed by atoms with Crippen molar-refractivity contribution >= 4 is 46.3 Å². The van der Waals surface area contributed by atoms with E-state index in [1.54, 1.807) is 24.3 Å². The average molecular weight is 264 g/mol. The average Bonchev–Trinajstić information content (AvgIpc) is 2.58. The standard InChI is InChI=1S/C11H7NO3S2/c13-10(14)7-4-2-1-3-6(7)5-8-9(16)12-11(15)17-8/h1-5H,(H,13,14)(H,12,15,16)/p-1/b8-5-. The topological polar surface area (TPSA) is 69.2 Å². The van der Waals surface area contributed by atoms with E-state index in [1.807, 2.05) is 0 Å². The van der Waals surface area contributed by atoms with Crippen LogP contribution in [0.3, 0.4) is 0 Å². The molecule has 0 aromatic heterocycles. The van der Waals surface area contributed by atoms with Crippen molar-refractivity contribution in [2.75, 3.05) is 0 Å². The quantitative estimate of drug-likeness (QED) is 0.641. The van der Waals surface area contributed by atoms with Crippen molar-refractivity contribution in [2.45, 2.75) is 0 Å². The lowest BCUT2D eigenvalue weighted by Crippen LogP contribution is -2.23. The van der Waals surface area contributed by atoms with Crippen LogP contribution in [0.4, 0.5) is 4.79 Å². The van der Waals surface area contributed by atoms with Crippen molar-refractivity contribution in [3.05, 3.63) is 40.3 Å². The summed E-state index contributed by atoms with van der Waals surface area (Å²) in [7, 11) is 0. The number of amides is 1. The molecule has 0 unspecified atom stereocenters. The molecule has 1 heterocycles. The number of hydrogen-bond donors (Lipinski definition) is 1. The Morgan fingerprint density at radius 3 is 2.71 bits per heavy atom. The fraction of sp³-hybridized carbons (Fsp3) is 0. The molecule has 1 aromatic rings. The van der Waals surface area contributed by atoms with Gasteiger partial charge < -0.3 is 15.2 Å². The Morgan fingerprint density at radius 1 is 1.41 bits per heavy atom. The Morgan fingerprint density at radius 2 is 2.12 bits per heavy atom. The highest BCUT2D eigenvalue weighted by Crippen LogP contribution is 2.27. The Hall–Kier alpha value is -1.66. The second kappa shape index (κ2) is 4.68. The minimum Gasteiger partial charge on any atom is -0.545 e. The molecule has 86 valence electrons. The molecule has 1 saturated heterocycles. The maximum absolute atomic E-state index is 11.1. The van der Waals surface area contributed by atoms with E-state index >= 15 is 0 Å². The monoisotopic (exact) mass is 264 g/mol. The maximum Gasteiger partial charge on any atom is 0.289 e. The van der Waals surface area contributed by atoms with Crippen molar-refractivity contribution in [2.24, 2.45) is 0 Å². The molecule has 2 rings (SSSR count). The van der Waals surface area contributed by atoms with Gasteiger partial charge in [0.15, 0.2) is 0 Å². The van der Waals surface area contributed by atoms with Gasteiger partial charge >= 0.3 is 0 Å². The largest absolute Gasteiger partial charge is 0.545 e. The van der Waals surface area contributed by atoms with Gasteiger partial charge in [-0.25, -0.2) is 0 Å². The molecule has 1 aliphatic heterocycles. The van der Waals surface area contributed by atoms with Crippen molar-refractivity contribution in [1.82, 2.24) is 5.32 Å². The second-order valence-electron chi connectivity index (χ2n) is 3.23. The van der Waals surface area contributed by atoms with Crippen LogP contribution in [0.5, 0.6) is 0 Å². The maximum atomic E-state index is 11.1. The molecule has 6 heteroatoms. The van der Waals surface area contributed by atoms with Crippen LogP contribution in [0.1, 0.15) is 15.9 Å².